The SMILES string of the molecule is O=C(O)NCCCCc1ccc2c(n1)NCCC2. The van der Waals surface area contributed by atoms with E-state index in [0.29, 0.717) is 6.54 Å². The van der Waals surface area contributed by atoms with E-state index in [9.17, 15) is 4.79 Å². The molecular formula is C13H19N3O2. The summed E-state index contributed by atoms with van der Waals surface area (Å²) in [6, 6.07) is 4.23. The predicted octanol–water partition coefficient (Wildman–Crippen LogP) is 2.03. The van der Waals surface area contributed by atoms with E-state index in [1.54, 1.807) is 0 Å². The van der Waals surface area contributed by atoms with E-state index < -0.39 is 6.09 Å². The highest BCUT2D eigenvalue weighted by Gasteiger charge is 2.09. The average molecular weight is 249 g/mol. The lowest BCUT2D eigenvalue weighted by Crippen LogP contribution is -2.21. The van der Waals surface area contributed by atoms with Gasteiger partial charge in [0.25, 0.3) is 0 Å². The number of fused-ring (bicyclic) bond motifs is 1. The van der Waals surface area contributed by atoms with Crippen LogP contribution in [0.5, 0.6) is 0 Å². The summed E-state index contributed by atoms with van der Waals surface area (Å²) in [6.45, 7) is 1.52. The molecule has 0 bridgehead atoms. The molecule has 1 aromatic rings. The van der Waals surface area contributed by atoms with E-state index in [2.05, 4.69) is 27.8 Å². The van der Waals surface area contributed by atoms with Gasteiger partial charge in [0.1, 0.15) is 5.82 Å². The summed E-state index contributed by atoms with van der Waals surface area (Å²) in [5.41, 5.74) is 2.39. The number of hydrogen-bond donors (Lipinski definition) is 3. The Morgan fingerprint density at radius 3 is 3.17 bits per heavy atom. The van der Waals surface area contributed by atoms with Crippen LogP contribution in [-0.2, 0) is 12.8 Å². The molecule has 5 heteroatoms. The minimum absolute atomic E-state index is 0.512. The van der Waals surface area contributed by atoms with Crippen LogP contribution < -0.4 is 10.6 Å². The van der Waals surface area contributed by atoms with E-state index in [1.165, 1.54) is 12.0 Å². The number of amides is 1. The highest BCUT2D eigenvalue weighted by Crippen LogP contribution is 2.20. The first-order valence-corrected chi connectivity index (χ1v) is 6.45. The molecule has 2 heterocycles. The van der Waals surface area contributed by atoms with E-state index in [0.717, 1.165) is 43.7 Å². The van der Waals surface area contributed by atoms with E-state index >= 15 is 0 Å². The number of rotatable bonds is 5. The number of carboxylic acid groups (broad SMARTS) is 1. The number of unbranched alkanes of at least 4 members (excludes halogenated alkanes) is 1. The minimum atomic E-state index is -0.953. The number of hydrogen-bond acceptors (Lipinski definition) is 3. The highest BCUT2D eigenvalue weighted by molar-refractivity contribution is 5.64. The van der Waals surface area contributed by atoms with Crippen LogP contribution in [0.25, 0.3) is 0 Å². The molecular weight excluding hydrogens is 230 g/mol. The summed E-state index contributed by atoms with van der Waals surface area (Å²) in [6.07, 6.45) is 4.03. The molecule has 0 spiro atoms. The third kappa shape index (κ3) is 3.61. The van der Waals surface area contributed by atoms with Crippen LogP contribution in [0.15, 0.2) is 12.1 Å². The number of anilines is 1. The van der Waals surface area contributed by atoms with Crippen LogP contribution in [-0.4, -0.2) is 29.3 Å². The second-order valence-corrected chi connectivity index (χ2v) is 4.53. The quantitative estimate of drug-likeness (QED) is 0.698. The van der Waals surface area contributed by atoms with Gasteiger partial charge in [0.2, 0.25) is 0 Å². The van der Waals surface area contributed by atoms with Crippen molar-refractivity contribution < 1.29 is 9.90 Å². The Balaban J connectivity index is 1.77. The molecule has 0 saturated heterocycles. The van der Waals surface area contributed by atoms with Crippen LogP contribution in [0.1, 0.15) is 30.5 Å². The standard InChI is InChI=1S/C13H19N3O2/c17-13(18)15-8-2-1-5-11-7-6-10-4-3-9-14-12(10)16-11/h6-7,15H,1-5,8-9H2,(H,14,16)(H,17,18). The van der Waals surface area contributed by atoms with Crippen LogP contribution >= 0.6 is 0 Å². The summed E-state index contributed by atoms with van der Waals surface area (Å²) in [5.74, 6) is 1.03. The normalized spacial score (nSPS) is 13.6. The third-order valence-corrected chi connectivity index (χ3v) is 3.09. The molecule has 0 fully saturated rings. The van der Waals surface area contributed by atoms with Gasteiger partial charge in [-0.2, -0.15) is 0 Å². The van der Waals surface area contributed by atoms with Gasteiger partial charge in [-0.05, 0) is 43.7 Å². The molecule has 0 aliphatic carbocycles. The van der Waals surface area contributed by atoms with Gasteiger partial charge >= 0.3 is 6.09 Å². The lowest BCUT2D eigenvalue weighted by Gasteiger charge is -2.17. The molecule has 0 aromatic carbocycles. The van der Waals surface area contributed by atoms with E-state index in [-0.39, 0.29) is 0 Å². The number of carbonyl (C=O) groups is 1. The average Bonchev–Trinajstić information content (AvgIpc) is 2.38. The van der Waals surface area contributed by atoms with Gasteiger partial charge in [-0.1, -0.05) is 6.07 Å². The second kappa shape index (κ2) is 6.23. The van der Waals surface area contributed by atoms with Crippen LogP contribution in [0.2, 0.25) is 0 Å². The maximum absolute atomic E-state index is 10.3. The molecule has 1 aromatic heterocycles. The van der Waals surface area contributed by atoms with Gasteiger partial charge < -0.3 is 15.7 Å². The van der Waals surface area contributed by atoms with Gasteiger partial charge in [0.15, 0.2) is 0 Å². The number of aryl methyl sites for hydroxylation is 2. The largest absolute Gasteiger partial charge is 0.465 e. The summed E-state index contributed by atoms with van der Waals surface area (Å²) in [4.78, 5) is 14.9. The van der Waals surface area contributed by atoms with E-state index in [1.807, 2.05) is 0 Å². The van der Waals surface area contributed by atoms with Crippen molar-refractivity contribution in [3.63, 3.8) is 0 Å². The fourth-order valence-electron chi connectivity index (χ4n) is 2.13. The molecule has 0 unspecified atom stereocenters. The first kappa shape index (κ1) is 12.7. The summed E-state index contributed by atoms with van der Waals surface area (Å²) < 4.78 is 0. The van der Waals surface area contributed by atoms with Crippen molar-refractivity contribution in [3.8, 4) is 0 Å². The Kier molecular flexibility index (Phi) is 4.39. The summed E-state index contributed by atoms with van der Waals surface area (Å²) in [5, 5.41) is 14.1. The van der Waals surface area contributed by atoms with Gasteiger partial charge in [0.05, 0.1) is 0 Å². The van der Waals surface area contributed by atoms with E-state index in [4.69, 9.17) is 5.11 Å². The topological polar surface area (TPSA) is 74.2 Å². The first-order chi connectivity index (χ1) is 8.75. The molecule has 0 radical (unpaired) electrons. The van der Waals surface area contributed by atoms with Crippen LogP contribution in [0.3, 0.4) is 0 Å². The van der Waals surface area contributed by atoms with Crippen molar-refractivity contribution in [2.45, 2.75) is 32.1 Å². The molecule has 1 aliphatic rings. The molecule has 2 rings (SSSR count). The third-order valence-electron chi connectivity index (χ3n) is 3.09. The van der Waals surface area contributed by atoms with Gasteiger partial charge in [0, 0.05) is 18.8 Å². The van der Waals surface area contributed by atoms with Crippen molar-refractivity contribution in [2.75, 3.05) is 18.4 Å². The number of pyridine rings is 1. The van der Waals surface area contributed by atoms with Crippen molar-refractivity contribution in [3.05, 3.63) is 23.4 Å². The smallest absolute Gasteiger partial charge is 0.404 e. The Bertz CT molecular complexity index is 421. The lowest BCUT2D eigenvalue weighted by atomic mass is 10.1. The van der Waals surface area contributed by atoms with Crippen molar-refractivity contribution in [1.29, 1.82) is 0 Å². The Morgan fingerprint density at radius 1 is 1.44 bits per heavy atom. The highest BCUT2D eigenvalue weighted by atomic mass is 16.4. The monoisotopic (exact) mass is 249 g/mol. The fraction of sp³-hybridized carbons (Fsp3) is 0.538. The maximum atomic E-state index is 10.3. The zero-order valence-corrected chi connectivity index (χ0v) is 10.4. The zero-order valence-electron chi connectivity index (χ0n) is 10.4. The summed E-state index contributed by atoms with van der Waals surface area (Å²) in [7, 11) is 0. The Hall–Kier alpha value is -1.78. The fourth-order valence-corrected chi connectivity index (χ4v) is 2.13. The predicted molar refractivity (Wildman–Crippen MR) is 70.0 cm³/mol. The van der Waals surface area contributed by atoms with Crippen molar-refractivity contribution in [1.82, 2.24) is 10.3 Å². The van der Waals surface area contributed by atoms with Crippen LogP contribution in [0.4, 0.5) is 10.6 Å². The maximum Gasteiger partial charge on any atom is 0.404 e. The number of nitrogens with one attached hydrogen (secondary N) is 2. The minimum Gasteiger partial charge on any atom is -0.465 e. The molecule has 1 aliphatic heterocycles. The van der Waals surface area contributed by atoms with Crippen LogP contribution in [0, 0.1) is 0 Å². The van der Waals surface area contributed by atoms with Gasteiger partial charge in [-0.15, -0.1) is 0 Å². The molecule has 98 valence electrons. The molecule has 1 amide bonds. The molecule has 0 atom stereocenters. The summed E-state index contributed by atoms with van der Waals surface area (Å²) >= 11 is 0. The molecule has 0 saturated carbocycles. The van der Waals surface area contributed by atoms with Gasteiger partial charge in [-0.25, -0.2) is 9.78 Å². The van der Waals surface area contributed by atoms with Crippen molar-refractivity contribution in [2.24, 2.45) is 0 Å². The molecule has 3 N–H and O–H groups in total. The zero-order chi connectivity index (χ0) is 12.8. The Morgan fingerprint density at radius 2 is 2.33 bits per heavy atom. The number of nitrogens with zero attached hydrogens (tertiary/aromatic N) is 1. The van der Waals surface area contributed by atoms with Crippen molar-refractivity contribution >= 4 is 11.9 Å². The Labute approximate surface area is 107 Å². The first-order valence-electron chi connectivity index (χ1n) is 6.45. The second-order valence-electron chi connectivity index (χ2n) is 4.53. The lowest BCUT2D eigenvalue weighted by molar-refractivity contribution is 0.194. The number of aromatic nitrogens is 1. The molecule has 5 nitrogen and oxygen atoms in total. The molecule has 18 heavy (non-hydrogen) atoms. The van der Waals surface area contributed by atoms with Gasteiger partial charge in [-0.3, -0.25) is 0 Å².